The zero-order valence-electron chi connectivity index (χ0n) is 14.9. The van der Waals surface area contributed by atoms with Crippen molar-refractivity contribution >= 4 is 11.6 Å². The monoisotopic (exact) mass is 337 g/mol. The highest BCUT2D eigenvalue weighted by Crippen LogP contribution is 2.23. The van der Waals surface area contributed by atoms with E-state index in [1.54, 1.807) is 0 Å². The summed E-state index contributed by atoms with van der Waals surface area (Å²) in [5, 5.41) is 6.47. The van der Waals surface area contributed by atoms with E-state index in [1.807, 2.05) is 43.4 Å². The summed E-state index contributed by atoms with van der Waals surface area (Å²) in [4.78, 5) is 14.6. The number of amides is 1. The lowest BCUT2D eigenvalue weighted by atomic mass is 9.90. The largest absolute Gasteiger partial charge is 0.373 e. The van der Waals surface area contributed by atoms with E-state index in [2.05, 4.69) is 33.7 Å². The van der Waals surface area contributed by atoms with Gasteiger partial charge < -0.3 is 15.5 Å². The van der Waals surface area contributed by atoms with Gasteiger partial charge in [0.05, 0.1) is 0 Å². The van der Waals surface area contributed by atoms with Crippen molar-refractivity contribution in [2.24, 2.45) is 0 Å². The highest BCUT2D eigenvalue weighted by Gasteiger charge is 2.16. The van der Waals surface area contributed by atoms with Crippen LogP contribution in [0.4, 0.5) is 5.69 Å². The smallest absolute Gasteiger partial charge is 0.251 e. The van der Waals surface area contributed by atoms with Crippen molar-refractivity contribution in [2.75, 3.05) is 38.1 Å². The molecule has 3 rings (SSSR count). The average molecular weight is 337 g/mol. The third-order valence-corrected chi connectivity index (χ3v) is 4.85. The van der Waals surface area contributed by atoms with E-state index in [0.29, 0.717) is 12.5 Å². The molecule has 1 fully saturated rings. The maximum atomic E-state index is 12.5. The summed E-state index contributed by atoms with van der Waals surface area (Å²) < 4.78 is 0. The Kier molecular flexibility index (Phi) is 6.07. The molecule has 1 aliphatic rings. The van der Waals surface area contributed by atoms with Gasteiger partial charge in [-0.25, -0.2) is 0 Å². The van der Waals surface area contributed by atoms with E-state index in [-0.39, 0.29) is 5.91 Å². The van der Waals surface area contributed by atoms with Crippen molar-refractivity contribution in [3.8, 4) is 0 Å². The van der Waals surface area contributed by atoms with Crippen LogP contribution in [-0.2, 0) is 0 Å². The number of nitrogens with one attached hydrogen (secondary N) is 2. The Hall–Kier alpha value is -2.33. The van der Waals surface area contributed by atoms with E-state index in [9.17, 15) is 4.79 Å². The van der Waals surface area contributed by atoms with Gasteiger partial charge in [0.1, 0.15) is 0 Å². The summed E-state index contributed by atoms with van der Waals surface area (Å²) >= 11 is 0. The quantitative estimate of drug-likeness (QED) is 0.852. The fraction of sp³-hybridized carbons (Fsp3) is 0.381. The number of hydrogen-bond donors (Lipinski definition) is 2. The number of hydrogen-bond acceptors (Lipinski definition) is 3. The molecular weight excluding hydrogens is 310 g/mol. The van der Waals surface area contributed by atoms with Crippen molar-refractivity contribution < 1.29 is 4.79 Å². The maximum absolute atomic E-state index is 12.5. The fourth-order valence-electron chi connectivity index (χ4n) is 3.32. The fourth-order valence-corrected chi connectivity index (χ4v) is 3.32. The Morgan fingerprint density at radius 3 is 2.80 bits per heavy atom. The first kappa shape index (κ1) is 17.5. The molecule has 4 heteroatoms. The molecule has 1 unspecified atom stereocenters. The molecule has 0 aromatic heterocycles. The van der Waals surface area contributed by atoms with Crippen LogP contribution in [0, 0.1) is 0 Å². The number of piperidine rings is 1. The molecule has 132 valence electrons. The predicted molar refractivity (Wildman–Crippen MR) is 103 cm³/mol. The second-order valence-electron chi connectivity index (χ2n) is 6.68. The highest BCUT2D eigenvalue weighted by atomic mass is 16.1. The molecular formula is C21H27N3O. The van der Waals surface area contributed by atoms with Crippen LogP contribution in [0.15, 0.2) is 54.6 Å². The Balaban J connectivity index is 1.53. The standard InChI is InChI=1S/C21H27N3O/c1-24(20-10-3-2-4-11-20)14-13-23-21(25)18-8-5-7-17(15-18)19-9-6-12-22-16-19/h2-5,7-8,10-11,15,19,22H,6,9,12-14,16H2,1H3,(H,23,25). The van der Waals surface area contributed by atoms with Crippen LogP contribution in [-0.4, -0.2) is 39.1 Å². The third-order valence-electron chi connectivity index (χ3n) is 4.85. The zero-order chi connectivity index (χ0) is 17.5. The maximum Gasteiger partial charge on any atom is 0.251 e. The van der Waals surface area contributed by atoms with Crippen molar-refractivity contribution in [2.45, 2.75) is 18.8 Å². The number of anilines is 1. The number of para-hydroxylation sites is 1. The van der Waals surface area contributed by atoms with Crippen LogP contribution >= 0.6 is 0 Å². The predicted octanol–water partition coefficient (Wildman–Crippen LogP) is 3.02. The molecule has 1 saturated heterocycles. The first-order valence-corrected chi connectivity index (χ1v) is 9.09. The Morgan fingerprint density at radius 1 is 1.20 bits per heavy atom. The zero-order valence-corrected chi connectivity index (χ0v) is 14.9. The normalized spacial score (nSPS) is 17.1. The molecule has 0 radical (unpaired) electrons. The number of carbonyl (C=O) groups is 1. The van der Waals surface area contributed by atoms with E-state index >= 15 is 0 Å². The van der Waals surface area contributed by atoms with Crippen molar-refractivity contribution in [1.29, 1.82) is 0 Å². The minimum absolute atomic E-state index is 0.00656. The molecule has 1 amide bonds. The number of nitrogens with zero attached hydrogens (tertiary/aromatic N) is 1. The first-order valence-electron chi connectivity index (χ1n) is 9.09. The van der Waals surface area contributed by atoms with Crippen LogP contribution in [0.1, 0.15) is 34.7 Å². The van der Waals surface area contributed by atoms with Crippen molar-refractivity contribution in [1.82, 2.24) is 10.6 Å². The van der Waals surface area contributed by atoms with Gasteiger partial charge in [-0.3, -0.25) is 4.79 Å². The van der Waals surface area contributed by atoms with Gasteiger partial charge in [0.25, 0.3) is 5.91 Å². The molecule has 25 heavy (non-hydrogen) atoms. The van der Waals surface area contributed by atoms with Crippen LogP contribution in [0.3, 0.4) is 0 Å². The van der Waals surface area contributed by atoms with Crippen molar-refractivity contribution in [3.05, 3.63) is 65.7 Å². The van der Waals surface area contributed by atoms with Crippen LogP contribution in [0.5, 0.6) is 0 Å². The van der Waals surface area contributed by atoms with E-state index in [4.69, 9.17) is 0 Å². The minimum Gasteiger partial charge on any atom is -0.373 e. The molecule has 1 aliphatic heterocycles. The Labute approximate surface area is 150 Å². The van der Waals surface area contributed by atoms with Gasteiger partial charge >= 0.3 is 0 Å². The summed E-state index contributed by atoms with van der Waals surface area (Å²) in [6.07, 6.45) is 2.40. The lowest BCUT2D eigenvalue weighted by Gasteiger charge is -2.23. The van der Waals surface area contributed by atoms with Gasteiger partial charge in [0.15, 0.2) is 0 Å². The number of carbonyl (C=O) groups excluding carboxylic acids is 1. The molecule has 0 saturated carbocycles. The molecule has 0 bridgehead atoms. The number of rotatable bonds is 6. The summed E-state index contributed by atoms with van der Waals surface area (Å²) in [5.74, 6) is 0.526. The Morgan fingerprint density at radius 2 is 2.04 bits per heavy atom. The van der Waals surface area contributed by atoms with Crippen LogP contribution in [0.25, 0.3) is 0 Å². The summed E-state index contributed by atoms with van der Waals surface area (Å²) in [7, 11) is 2.04. The van der Waals surface area contributed by atoms with Gasteiger partial charge in [-0.2, -0.15) is 0 Å². The topological polar surface area (TPSA) is 44.4 Å². The van der Waals surface area contributed by atoms with E-state index in [0.717, 1.165) is 30.9 Å². The minimum atomic E-state index is 0.00656. The van der Waals surface area contributed by atoms with Gasteiger partial charge in [-0.05, 0) is 55.1 Å². The number of likely N-dealkylation sites (N-methyl/N-ethyl adjacent to an activating group) is 1. The molecule has 0 aliphatic carbocycles. The van der Waals surface area contributed by atoms with E-state index in [1.165, 1.54) is 18.4 Å². The van der Waals surface area contributed by atoms with Crippen LogP contribution in [0.2, 0.25) is 0 Å². The van der Waals surface area contributed by atoms with Crippen LogP contribution < -0.4 is 15.5 Å². The Bertz CT molecular complexity index is 681. The number of benzene rings is 2. The molecule has 4 nitrogen and oxygen atoms in total. The summed E-state index contributed by atoms with van der Waals surface area (Å²) in [6, 6.07) is 18.3. The molecule has 2 aromatic rings. The molecule has 0 spiro atoms. The molecule has 2 aromatic carbocycles. The third kappa shape index (κ3) is 4.83. The lowest BCUT2D eigenvalue weighted by molar-refractivity contribution is 0.0954. The van der Waals surface area contributed by atoms with Gasteiger partial charge in [0.2, 0.25) is 0 Å². The highest BCUT2D eigenvalue weighted by molar-refractivity contribution is 5.94. The van der Waals surface area contributed by atoms with Crippen molar-refractivity contribution in [3.63, 3.8) is 0 Å². The van der Waals surface area contributed by atoms with Gasteiger partial charge in [-0.15, -0.1) is 0 Å². The molecule has 1 atom stereocenters. The first-order chi connectivity index (χ1) is 12.2. The molecule has 2 N–H and O–H groups in total. The second kappa shape index (κ2) is 8.67. The van der Waals surface area contributed by atoms with Gasteiger partial charge in [0, 0.05) is 37.9 Å². The van der Waals surface area contributed by atoms with Gasteiger partial charge in [-0.1, -0.05) is 30.3 Å². The summed E-state index contributed by atoms with van der Waals surface area (Å²) in [5.41, 5.74) is 3.18. The second-order valence-corrected chi connectivity index (χ2v) is 6.68. The average Bonchev–Trinajstić information content (AvgIpc) is 2.69. The lowest BCUT2D eigenvalue weighted by Crippen LogP contribution is -2.33. The summed E-state index contributed by atoms with van der Waals surface area (Å²) in [6.45, 7) is 3.51. The molecule has 1 heterocycles. The van der Waals surface area contributed by atoms with E-state index < -0.39 is 0 Å². The SMILES string of the molecule is CN(CCNC(=O)c1cccc(C2CCCNC2)c1)c1ccccc1.